The number of nitrogens with zero attached hydrogens (tertiary/aromatic N) is 2. The zero-order valence-corrected chi connectivity index (χ0v) is 7.19. The van der Waals surface area contributed by atoms with Crippen LogP contribution < -0.4 is 5.84 Å². The Kier molecular flexibility index (Phi) is 2.15. The molecular formula is C9H15N3. The lowest BCUT2D eigenvalue weighted by molar-refractivity contribution is 0.190. The molecule has 0 atom stereocenters. The van der Waals surface area contributed by atoms with Crippen molar-refractivity contribution >= 4 is 0 Å². The van der Waals surface area contributed by atoms with Crippen LogP contribution in [0.1, 0.15) is 18.9 Å². The largest absolute Gasteiger partial charge is 0.351 e. The summed E-state index contributed by atoms with van der Waals surface area (Å²) in [7, 11) is 0. The number of nitrogens with two attached hydrogens (primary N) is 1. The highest BCUT2D eigenvalue weighted by atomic mass is 15.4. The molecule has 2 heterocycles. The van der Waals surface area contributed by atoms with Crippen molar-refractivity contribution < 1.29 is 0 Å². The van der Waals surface area contributed by atoms with Crippen molar-refractivity contribution in [2.75, 3.05) is 13.1 Å². The molecule has 1 aliphatic rings. The van der Waals surface area contributed by atoms with Crippen LogP contribution >= 0.6 is 0 Å². The molecule has 0 aromatic carbocycles. The van der Waals surface area contributed by atoms with Gasteiger partial charge in [0.25, 0.3) is 0 Å². The van der Waals surface area contributed by atoms with Crippen LogP contribution in [0.15, 0.2) is 24.5 Å². The molecule has 0 unspecified atom stereocenters. The summed E-state index contributed by atoms with van der Waals surface area (Å²) in [5.74, 6) is 5.67. The molecule has 1 aromatic rings. The monoisotopic (exact) mass is 165 g/mol. The fourth-order valence-electron chi connectivity index (χ4n) is 1.78. The summed E-state index contributed by atoms with van der Waals surface area (Å²) in [5, 5.41) is 1.90. The first kappa shape index (κ1) is 7.83. The van der Waals surface area contributed by atoms with Gasteiger partial charge in [0, 0.05) is 31.5 Å². The summed E-state index contributed by atoms with van der Waals surface area (Å²) < 4.78 is 2.28. The van der Waals surface area contributed by atoms with E-state index in [0.29, 0.717) is 6.04 Å². The lowest BCUT2D eigenvalue weighted by Gasteiger charge is -2.29. The van der Waals surface area contributed by atoms with Crippen molar-refractivity contribution in [2.45, 2.75) is 18.9 Å². The summed E-state index contributed by atoms with van der Waals surface area (Å²) in [6.45, 7) is 2.03. The Morgan fingerprint density at radius 1 is 1.08 bits per heavy atom. The van der Waals surface area contributed by atoms with Crippen molar-refractivity contribution in [3.8, 4) is 0 Å². The Labute approximate surface area is 72.7 Å². The van der Waals surface area contributed by atoms with E-state index in [1.807, 2.05) is 5.01 Å². The van der Waals surface area contributed by atoms with Gasteiger partial charge in [-0.05, 0) is 25.0 Å². The quantitative estimate of drug-likeness (QED) is 0.630. The molecule has 0 radical (unpaired) electrons. The Morgan fingerprint density at radius 3 is 2.25 bits per heavy atom. The molecule has 3 heteroatoms. The first-order valence-corrected chi connectivity index (χ1v) is 4.48. The van der Waals surface area contributed by atoms with Crippen LogP contribution in [0.2, 0.25) is 0 Å². The van der Waals surface area contributed by atoms with Gasteiger partial charge in [0.15, 0.2) is 0 Å². The van der Waals surface area contributed by atoms with E-state index >= 15 is 0 Å². The molecule has 0 aliphatic carbocycles. The molecule has 1 aliphatic heterocycles. The van der Waals surface area contributed by atoms with Crippen molar-refractivity contribution in [3.63, 3.8) is 0 Å². The molecule has 0 spiro atoms. The zero-order valence-electron chi connectivity index (χ0n) is 7.19. The second-order valence-electron chi connectivity index (χ2n) is 3.40. The smallest absolute Gasteiger partial charge is 0.0356 e. The Hall–Kier alpha value is -0.800. The van der Waals surface area contributed by atoms with Crippen LogP contribution in [-0.2, 0) is 0 Å². The predicted molar refractivity (Wildman–Crippen MR) is 48.5 cm³/mol. The van der Waals surface area contributed by atoms with Crippen LogP contribution in [0.3, 0.4) is 0 Å². The van der Waals surface area contributed by atoms with Gasteiger partial charge >= 0.3 is 0 Å². The highest BCUT2D eigenvalue weighted by Crippen LogP contribution is 2.20. The minimum Gasteiger partial charge on any atom is -0.351 e. The Bertz CT molecular complexity index is 222. The van der Waals surface area contributed by atoms with E-state index in [-0.39, 0.29) is 0 Å². The molecule has 66 valence electrons. The number of hydrogen-bond acceptors (Lipinski definition) is 2. The van der Waals surface area contributed by atoms with E-state index in [1.165, 1.54) is 12.8 Å². The summed E-state index contributed by atoms with van der Waals surface area (Å²) >= 11 is 0. The second-order valence-corrected chi connectivity index (χ2v) is 3.40. The molecule has 1 saturated heterocycles. The van der Waals surface area contributed by atoms with Gasteiger partial charge in [0.2, 0.25) is 0 Å². The van der Waals surface area contributed by atoms with E-state index in [9.17, 15) is 0 Å². The Balaban J connectivity index is 1.99. The zero-order chi connectivity index (χ0) is 8.39. The van der Waals surface area contributed by atoms with Gasteiger partial charge in [-0.1, -0.05) is 0 Å². The molecule has 2 N–H and O–H groups in total. The maximum absolute atomic E-state index is 5.67. The number of hydrogen-bond donors (Lipinski definition) is 1. The van der Waals surface area contributed by atoms with Gasteiger partial charge in [-0.25, -0.2) is 5.01 Å². The standard InChI is InChI=1S/C9H15N3/c10-12-7-3-9(4-8-12)11-5-1-2-6-11/h1-2,5-6,9H,3-4,7-8,10H2. The average molecular weight is 165 g/mol. The van der Waals surface area contributed by atoms with Crippen molar-refractivity contribution in [2.24, 2.45) is 5.84 Å². The molecule has 1 fully saturated rings. The lowest BCUT2D eigenvalue weighted by Crippen LogP contribution is -2.39. The van der Waals surface area contributed by atoms with Gasteiger partial charge in [-0.3, -0.25) is 5.84 Å². The highest BCUT2D eigenvalue weighted by molar-refractivity contribution is 4.94. The van der Waals surface area contributed by atoms with E-state index in [2.05, 4.69) is 29.1 Å². The van der Waals surface area contributed by atoms with Gasteiger partial charge in [-0.2, -0.15) is 0 Å². The normalized spacial score (nSPS) is 21.4. The number of hydrazine groups is 1. The van der Waals surface area contributed by atoms with Crippen LogP contribution in [0.25, 0.3) is 0 Å². The third kappa shape index (κ3) is 1.52. The molecule has 1 aromatic heterocycles. The van der Waals surface area contributed by atoms with Gasteiger partial charge in [-0.15, -0.1) is 0 Å². The van der Waals surface area contributed by atoms with E-state index < -0.39 is 0 Å². The molecule has 3 nitrogen and oxygen atoms in total. The second kappa shape index (κ2) is 3.29. The van der Waals surface area contributed by atoms with Crippen LogP contribution in [0.4, 0.5) is 0 Å². The summed E-state index contributed by atoms with van der Waals surface area (Å²) in [4.78, 5) is 0. The molecule has 12 heavy (non-hydrogen) atoms. The fourth-order valence-corrected chi connectivity index (χ4v) is 1.78. The van der Waals surface area contributed by atoms with E-state index in [1.54, 1.807) is 0 Å². The van der Waals surface area contributed by atoms with E-state index in [0.717, 1.165) is 13.1 Å². The first-order valence-electron chi connectivity index (χ1n) is 4.48. The molecule has 0 amide bonds. The minimum atomic E-state index is 0.666. The van der Waals surface area contributed by atoms with Crippen molar-refractivity contribution in [3.05, 3.63) is 24.5 Å². The van der Waals surface area contributed by atoms with Gasteiger partial charge in [0.1, 0.15) is 0 Å². The number of aromatic nitrogens is 1. The molecule has 0 saturated carbocycles. The highest BCUT2D eigenvalue weighted by Gasteiger charge is 2.16. The predicted octanol–water partition coefficient (Wildman–Crippen LogP) is 0.999. The summed E-state index contributed by atoms with van der Waals surface area (Å²) in [6, 6.07) is 4.82. The molecule has 2 rings (SSSR count). The maximum Gasteiger partial charge on any atom is 0.0356 e. The maximum atomic E-state index is 5.67. The number of rotatable bonds is 1. The first-order chi connectivity index (χ1) is 5.86. The minimum absolute atomic E-state index is 0.666. The SMILES string of the molecule is NN1CCC(n2cccc2)CC1. The fraction of sp³-hybridized carbons (Fsp3) is 0.556. The lowest BCUT2D eigenvalue weighted by atomic mass is 10.1. The Morgan fingerprint density at radius 2 is 1.67 bits per heavy atom. The van der Waals surface area contributed by atoms with Crippen LogP contribution in [0, 0.1) is 0 Å². The van der Waals surface area contributed by atoms with Gasteiger partial charge in [0.05, 0.1) is 0 Å². The topological polar surface area (TPSA) is 34.2 Å². The third-order valence-corrected chi connectivity index (χ3v) is 2.55. The van der Waals surface area contributed by atoms with Crippen molar-refractivity contribution in [1.82, 2.24) is 9.58 Å². The third-order valence-electron chi connectivity index (χ3n) is 2.55. The van der Waals surface area contributed by atoms with E-state index in [4.69, 9.17) is 5.84 Å². The van der Waals surface area contributed by atoms with Crippen LogP contribution in [0.5, 0.6) is 0 Å². The van der Waals surface area contributed by atoms with Gasteiger partial charge < -0.3 is 4.57 Å². The average Bonchev–Trinajstić information content (AvgIpc) is 2.58. The summed E-state index contributed by atoms with van der Waals surface area (Å²) in [6.07, 6.45) is 6.62. The molecular weight excluding hydrogens is 150 g/mol. The van der Waals surface area contributed by atoms with Crippen molar-refractivity contribution in [1.29, 1.82) is 0 Å². The number of piperidine rings is 1. The molecule has 0 bridgehead atoms. The summed E-state index contributed by atoms with van der Waals surface area (Å²) in [5.41, 5.74) is 0. The van der Waals surface area contributed by atoms with Crippen LogP contribution in [-0.4, -0.2) is 22.7 Å².